The van der Waals surface area contributed by atoms with Gasteiger partial charge in [0.25, 0.3) is 0 Å². The summed E-state index contributed by atoms with van der Waals surface area (Å²) in [6.45, 7) is 6.67. The maximum absolute atomic E-state index is 11.3. The number of ether oxygens (including phenoxy) is 3. The van der Waals surface area contributed by atoms with E-state index in [1.807, 2.05) is 13.8 Å². The molecule has 0 aromatic rings. The molecule has 6 heteroatoms. The van der Waals surface area contributed by atoms with Gasteiger partial charge in [-0.25, -0.2) is 9.59 Å². The molecule has 1 aliphatic rings. The SMILES string of the molecule is COC(=O)/C=C/C(=O)OCCN1CC(C)OC(C)C1. The molecule has 108 valence electrons. The van der Waals surface area contributed by atoms with E-state index in [-0.39, 0.29) is 12.2 Å². The Bertz CT molecular complexity index is 332. The average molecular weight is 271 g/mol. The molecule has 0 spiro atoms. The zero-order valence-corrected chi connectivity index (χ0v) is 11.6. The Kier molecular flexibility index (Phi) is 6.52. The van der Waals surface area contributed by atoms with Crippen LogP contribution < -0.4 is 0 Å². The largest absolute Gasteiger partial charge is 0.466 e. The quantitative estimate of drug-likeness (QED) is 0.531. The Balaban J connectivity index is 2.21. The molecule has 1 heterocycles. The Morgan fingerprint density at radius 2 is 1.79 bits per heavy atom. The van der Waals surface area contributed by atoms with Crippen molar-refractivity contribution < 1.29 is 23.8 Å². The van der Waals surface area contributed by atoms with E-state index in [9.17, 15) is 9.59 Å². The van der Waals surface area contributed by atoms with Gasteiger partial charge >= 0.3 is 11.9 Å². The molecule has 19 heavy (non-hydrogen) atoms. The van der Waals surface area contributed by atoms with Gasteiger partial charge in [-0.2, -0.15) is 0 Å². The van der Waals surface area contributed by atoms with Gasteiger partial charge in [-0.1, -0.05) is 0 Å². The fourth-order valence-electron chi connectivity index (χ4n) is 1.99. The highest BCUT2D eigenvalue weighted by Crippen LogP contribution is 2.09. The number of hydrogen-bond acceptors (Lipinski definition) is 6. The third-order valence-electron chi connectivity index (χ3n) is 2.70. The fraction of sp³-hybridized carbons (Fsp3) is 0.692. The van der Waals surface area contributed by atoms with Crippen molar-refractivity contribution in [3.05, 3.63) is 12.2 Å². The molecule has 2 unspecified atom stereocenters. The molecule has 1 rings (SSSR count). The molecule has 0 aromatic heterocycles. The Hall–Kier alpha value is -1.40. The van der Waals surface area contributed by atoms with Crippen LogP contribution in [0.4, 0.5) is 0 Å². The number of carbonyl (C=O) groups is 2. The number of hydrogen-bond donors (Lipinski definition) is 0. The van der Waals surface area contributed by atoms with Crippen LogP contribution in [0, 0.1) is 0 Å². The van der Waals surface area contributed by atoms with E-state index in [4.69, 9.17) is 9.47 Å². The summed E-state index contributed by atoms with van der Waals surface area (Å²) in [4.78, 5) is 24.2. The van der Waals surface area contributed by atoms with Crippen molar-refractivity contribution in [3.63, 3.8) is 0 Å². The van der Waals surface area contributed by atoms with Crippen LogP contribution in [0.1, 0.15) is 13.8 Å². The van der Waals surface area contributed by atoms with Crippen LogP contribution in [0.5, 0.6) is 0 Å². The predicted molar refractivity (Wildman–Crippen MR) is 68.6 cm³/mol. The van der Waals surface area contributed by atoms with Crippen molar-refractivity contribution in [2.24, 2.45) is 0 Å². The van der Waals surface area contributed by atoms with Gasteiger partial charge in [-0.3, -0.25) is 4.90 Å². The topological polar surface area (TPSA) is 65.1 Å². The molecule has 0 radical (unpaired) electrons. The van der Waals surface area contributed by atoms with E-state index in [1.165, 1.54) is 7.11 Å². The minimum absolute atomic E-state index is 0.193. The second-order valence-electron chi connectivity index (χ2n) is 4.54. The van der Waals surface area contributed by atoms with Crippen molar-refractivity contribution >= 4 is 11.9 Å². The first-order valence-electron chi connectivity index (χ1n) is 6.32. The molecule has 1 saturated heterocycles. The molecular formula is C13H21NO5. The lowest BCUT2D eigenvalue weighted by Gasteiger charge is -2.34. The molecule has 0 N–H and O–H groups in total. The average Bonchev–Trinajstić information content (AvgIpc) is 2.34. The fourth-order valence-corrected chi connectivity index (χ4v) is 1.99. The zero-order valence-electron chi connectivity index (χ0n) is 11.6. The van der Waals surface area contributed by atoms with Gasteiger partial charge < -0.3 is 14.2 Å². The van der Waals surface area contributed by atoms with Crippen LogP contribution in [-0.4, -0.2) is 62.4 Å². The minimum atomic E-state index is -0.576. The zero-order chi connectivity index (χ0) is 14.3. The van der Waals surface area contributed by atoms with Gasteiger partial charge in [-0.15, -0.1) is 0 Å². The third-order valence-corrected chi connectivity index (χ3v) is 2.70. The minimum Gasteiger partial charge on any atom is -0.466 e. The molecule has 6 nitrogen and oxygen atoms in total. The second kappa shape index (κ2) is 7.91. The van der Waals surface area contributed by atoms with Gasteiger partial charge in [0.15, 0.2) is 0 Å². The number of methoxy groups -OCH3 is 1. The molecule has 0 aliphatic carbocycles. The molecule has 0 bridgehead atoms. The van der Waals surface area contributed by atoms with Crippen LogP contribution in [0.15, 0.2) is 12.2 Å². The van der Waals surface area contributed by atoms with Crippen LogP contribution in [-0.2, 0) is 23.8 Å². The van der Waals surface area contributed by atoms with E-state index >= 15 is 0 Å². The van der Waals surface area contributed by atoms with E-state index in [2.05, 4.69) is 9.64 Å². The van der Waals surface area contributed by atoms with Gasteiger partial charge in [0.2, 0.25) is 0 Å². The molecule has 0 amide bonds. The number of rotatable bonds is 5. The summed E-state index contributed by atoms with van der Waals surface area (Å²) < 4.78 is 15.0. The van der Waals surface area contributed by atoms with E-state index < -0.39 is 11.9 Å². The number of esters is 2. The summed E-state index contributed by atoms with van der Waals surface area (Å²) in [6.07, 6.45) is 2.50. The Morgan fingerprint density at radius 1 is 1.21 bits per heavy atom. The van der Waals surface area contributed by atoms with Crippen LogP contribution in [0.2, 0.25) is 0 Å². The molecular weight excluding hydrogens is 250 g/mol. The van der Waals surface area contributed by atoms with Crippen molar-refractivity contribution in [1.29, 1.82) is 0 Å². The van der Waals surface area contributed by atoms with E-state index in [0.29, 0.717) is 13.2 Å². The lowest BCUT2D eigenvalue weighted by atomic mass is 10.2. The van der Waals surface area contributed by atoms with Crippen LogP contribution >= 0.6 is 0 Å². The van der Waals surface area contributed by atoms with Gasteiger partial charge in [0.1, 0.15) is 6.61 Å². The summed E-state index contributed by atoms with van der Waals surface area (Å²) >= 11 is 0. The summed E-state index contributed by atoms with van der Waals surface area (Å²) in [5.74, 6) is -1.12. The van der Waals surface area contributed by atoms with Crippen molar-refractivity contribution in [2.75, 3.05) is 33.4 Å². The summed E-state index contributed by atoms with van der Waals surface area (Å²) in [6, 6.07) is 0. The van der Waals surface area contributed by atoms with Crippen molar-refractivity contribution in [3.8, 4) is 0 Å². The summed E-state index contributed by atoms with van der Waals surface area (Å²) in [5.41, 5.74) is 0. The normalized spacial score (nSPS) is 24.4. The summed E-state index contributed by atoms with van der Waals surface area (Å²) in [7, 11) is 1.25. The predicted octanol–water partition coefficient (Wildman–Crippen LogP) is 0.368. The first-order chi connectivity index (χ1) is 9.01. The van der Waals surface area contributed by atoms with Crippen LogP contribution in [0.25, 0.3) is 0 Å². The Labute approximate surface area is 113 Å². The first-order valence-corrected chi connectivity index (χ1v) is 6.32. The first kappa shape index (κ1) is 15.7. The second-order valence-corrected chi connectivity index (χ2v) is 4.54. The van der Waals surface area contributed by atoms with E-state index in [0.717, 1.165) is 25.2 Å². The highest BCUT2D eigenvalue weighted by molar-refractivity contribution is 5.91. The number of carbonyl (C=O) groups excluding carboxylic acids is 2. The molecule has 1 fully saturated rings. The smallest absolute Gasteiger partial charge is 0.331 e. The monoisotopic (exact) mass is 271 g/mol. The van der Waals surface area contributed by atoms with Crippen LogP contribution in [0.3, 0.4) is 0 Å². The number of morpholine rings is 1. The highest BCUT2D eigenvalue weighted by Gasteiger charge is 2.21. The van der Waals surface area contributed by atoms with Crippen molar-refractivity contribution in [2.45, 2.75) is 26.1 Å². The molecule has 0 aromatic carbocycles. The third kappa shape index (κ3) is 6.35. The van der Waals surface area contributed by atoms with Gasteiger partial charge in [-0.05, 0) is 13.8 Å². The maximum atomic E-state index is 11.3. The molecule has 0 saturated carbocycles. The molecule has 2 atom stereocenters. The standard InChI is InChI=1S/C13H21NO5/c1-10-8-14(9-11(2)19-10)6-7-18-13(16)5-4-12(15)17-3/h4-5,10-11H,6-9H2,1-3H3/b5-4+. The lowest BCUT2D eigenvalue weighted by Crippen LogP contribution is -2.46. The number of nitrogens with zero attached hydrogens (tertiary/aromatic N) is 1. The molecule has 1 aliphatic heterocycles. The summed E-state index contributed by atoms with van der Waals surface area (Å²) in [5, 5.41) is 0. The Morgan fingerprint density at radius 3 is 2.37 bits per heavy atom. The highest BCUT2D eigenvalue weighted by atomic mass is 16.5. The maximum Gasteiger partial charge on any atom is 0.331 e. The van der Waals surface area contributed by atoms with Gasteiger partial charge in [0, 0.05) is 31.8 Å². The van der Waals surface area contributed by atoms with E-state index in [1.54, 1.807) is 0 Å². The van der Waals surface area contributed by atoms with Crippen molar-refractivity contribution in [1.82, 2.24) is 4.90 Å². The lowest BCUT2D eigenvalue weighted by molar-refractivity contribution is -0.140. The van der Waals surface area contributed by atoms with Gasteiger partial charge in [0.05, 0.1) is 19.3 Å².